The van der Waals surface area contributed by atoms with Crippen LogP contribution in [-0.4, -0.2) is 35.9 Å². The van der Waals surface area contributed by atoms with E-state index in [1.165, 1.54) is 23.0 Å². The summed E-state index contributed by atoms with van der Waals surface area (Å²) < 4.78 is 17.4. The quantitative estimate of drug-likeness (QED) is 0.173. The zero-order chi connectivity index (χ0) is 27.7. The molecule has 0 aliphatic heterocycles. The molecule has 3 aromatic rings. The Morgan fingerprint density at radius 1 is 1.05 bits per heavy atom. The van der Waals surface area contributed by atoms with Crippen LogP contribution >= 0.6 is 11.3 Å². The van der Waals surface area contributed by atoms with E-state index < -0.39 is 5.91 Å². The second kappa shape index (κ2) is 13.1. The number of hydrogen-bond donors (Lipinski definition) is 1. The maximum atomic E-state index is 12.6. The molecule has 1 aromatic heterocycles. The maximum absolute atomic E-state index is 12.6. The summed E-state index contributed by atoms with van der Waals surface area (Å²) in [5.41, 5.74) is 1.90. The molecular formula is C29H34N4O4S. The van der Waals surface area contributed by atoms with Gasteiger partial charge in [-0.05, 0) is 53.8 Å². The van der Waals surface area contributed by atoms with Gasteiger partial charge in [0.1, 0.15) is 35.6 Å². The fourth-order valence-corrected chi connectivity index (χ4v) is 4.10. The number of carbonyl (C=O) groups is 1. The summed E-state index contributed by atoms with van der Waals surface area (Å²) in [5, 5.41) is 21.4. The molecule has 0 radical (unpaired) electrons. The first-order chi connectivity index (χ1) is 18.1. The van der Waals surface area contributed by atoms with Crippen molar-refractivity contribution in [3.05, 3.63) is 64.2 Å². The molecule has 1 N–H and O–H groups in total. The molecule has 0 bridgehead atoms. The summed E-state index contributed by atoms with van der Waals surface area (Å²) in [6.45, 7) is 13.5. The van der Waals surface area contributed by atoms with E-state index in [4.69, 9.17) is 14.2 Å². The highest BCUT2D eigenvalue weighted by Crippen LogP contribution is 2.30. The van der Waals surface area contributed by atoms with Gasteiger partial charge in [-0.2, -0.15) is 5.26 Å². The van der Waals surface area contributed by atoms with Crippen molar-refractivity contribution in [2.75, 3.05) is 25.1 Å². The zero-order valence-electron chi connectivity index (χ0n) is 22.7. The van der Waals surface area contributed by atoms with Crippen molar-refractivity contribution < 1.29 is 19.0 Å². The Bertz CT molecular complexity index is 1300. The summed E-state index contributed by atoms with van der Waals surface area (Å²) >= 11 is 1.29. The third kappa shape index (κ3) is 8.05. The number of aromatic nitrogens is 2. The van der Waals surface area contributed by atoms with E-state index in [9.17, 15) is 10.1 Å². The highest BCUT2D eigenvalue weighted by molar-refractivity contribution is 7.15. The second-order valence-corrected chi connectivity index (χ2v) is 10.8. The molecule has 0 spiro atoms. The minimum Gasteiger partial charge on any atom is -0.490 e. The van der Waals surface area contributed by atoms with Crippen molar-refractivity contribution in [1.82, 2.24) is 10.2 Å². The molecule has 1 heterocycles. The first-order valence-electron chi connectivity index (χ1n) is 12.5. The van der Waals surface area contributed by atoms with E-state index in [0.29, 0.717) is 42.0 Å². The lowest BCUT2D eigenvalue weighted by molar-refractivity contribution is -0.112. The van der Waals surface area contributed by atoms with E-state index in [0.717, 1.165) is 10.8 Å². The molecule has 0 aliphatic rings. The van der Waals surface area contributed by atoms with Crippen molar-refractivity contribution in [1.29, 1.82) is 5.26 Å². The fourth-order valence-electron chi connectivity index (χ4n) is 3.36. The van der Waals surface area contributed by atoms with E-state index >= 15 is 0 Å². The molecule has 0 fully saturated rings. The first-order valence-corrected chi connectivity index (χ1v) is 13.3. The van der Waals surface area contributed by atoms with Gasteiger partial charge in [0.15, 0.2) is 11.5 Å². The van der Waals surface area contributed by atoms with Crippen LogP contribution in [0, 0.1) is 11.3 Å². The summed E-state index contributed by atoms with van der Waals surface area (Å²) in [7, 11) is 0. The lowest BCUT2D eigenvalue weighted by Gasteiger charge is -2.19. The van der Waals surface area contributed by atoms with Crippen molar-refractivity contribution >= 4 is 28.5 Å². The predicted molar refractivity (Wildman–Crippen MR) is 150 cm³/mol. The van der Waals surface area contributed by atoms with Crippen LogP contribution in [0.2, 0.25) is 0 Å². The number of nitrogens with zero attached hydrogens (tertiary/aromatic N) is 3. The predicted octanol–water partition coefficient (Wildman–Crippen LogP) is 6.36. The van der Waals surface area contributed by atoms with Gasteiger partial charge in [-0.15, -0.1) is 10.2 Å². The highest BCUT2D eigenvalue weighted by Gasteiger charge is 2.15. The Balaban J connectivity index is 1.62. The molecule has 8 nitrogen and oxygen atoms in total. The Kier molecular flexibility index (Phi) is 9.85. The summed E-state index contributed by atoms with van der Waals surface area (Å²) in [4.78, 5) is 12.6. The molecule has 1 amide bonds. The average molecular weight is 535 g/mol. The Morgan fingerprint density at radius 3 is 2.37 bits per heavy atom. The summed E-state index contributed by atoms with van der Waals surface area (Å²) in [6.07, 6.45) is 1.50. The third-order valence-electron chi connectivity index (χ3n) is 5.43. The molecule has 0 unspecified atom stereocenters. The fraction of sp³-hybridized carbons (Fsp3) is 0.379. The number of carbonyl (C=O) groups excluding carboxylic acids is 1. The van der Waals surface area contributed by atoms with E-state index in [2.05, 4.69) is 48.4 Å². The van der Waals surface area contributed by atoms with Gasteiger partial charge in [0.2, 0.25) is 5.13 Å². The number of nitriles is 1. The van der Waals surface area contributed by atoms with Gasteiger partial charge >= 0.3 is 0 Å². The Morgan fingerprint density at radius 2 is 1.76 bits per heavy atom. The minimum absolute atomic E-state index is 0.0618. The van der Waals surface area contributed by atoms with Crippen LogP contribution in [0.15, 0.2) is 48.0 Å². The van der Waals surface area contributed by atoms with Crippen molar-refractivity contribution in [3.63, 3.8) is 0 Å². The molecule has 0 saturated heterocycles. The van der Waals surface area contributed by atoms with Crippen LogP contribution in [0.5, 0.6) is 17.2 Å². The molecular weight excluding hydrogens is 500 g/mol. The largest absolute Gasteiger partial charge is 0.490 e. The van der Waals surface area contributed by atoms with Crippen molar-refractivity contribution in [2.24, 2.45) is 0 Å². The second-order valence-electron chi connectivity index (χ2n) is 9.83. The van der Waals surface area contributed by atoms with Gasteiger partial charge in [-0.3, -0.25) is 10.1 Å². The molecule has 38 heavy (non-hydrogen) atoms. The number of anilines is 1. The van der Waals surface area contributed by atoms with Gasteiger partial charge in [-0.25, -0.2) is 0 Å². The molecule has 0 aliphatic carbocycles. The molecule has 2 aromatic carbocycles. The van der Waals surface area contributed by atoms with Crippen LogP contribution in [-0.2, 0) is 10.2 Å². The van der Waals surface area contributed by atoms with Gasteiger partial charge in [0, 0.05) is 5.92 Å². The van der Waals surface area contributed by atoms with Gasteiger partial charge in [0.25, 0.3) is 5.91 Å². The van der Waals surface area contributed by atoms with Crippen LogP contribution in [0.1, 0.15) is 63.6 Å². The minimum atomic E-state index is -0.551. The van der Waals surface area contributed by atoms with Crippen molar-refractivity contribution in [2.45, 2.75) is 52.9 Å². The molecule has 0 saturated carbocycles. The third-order valence-corrected chi connectivity index (χ3v) is 6.57. The highest BCUT2D eigenvalue weighted by atomic mass is 32.1. The first kappa shape index (κ1) is 28.7. The summed E-state index contributed by atoms with van der Waals surface area (Å²) in [5.74, 6) is 1.49. The SMILES string of the molecule is CCOc1cc(/C=C(/C#N)C(=O)Nc2nnc(C(C)C)s2)ccc1OCCOc1ccc(C(C)(C)C)cc1. The lowest BCUT2D eigenvalue weighted by atomic mass is 9.87. The van der Waals surface area contributed by atoms with Crippen LogP contribution < -0.4 is 19.5 Å². The lowest BCUT2D eigenvalue weighted by Crippen LogP contribution is -2.13. The smallest absolute Gasteiger partial charge is 0.268 e. The average Bonchev–Trinajstić information content (AvgIpc) is 3.35. The maximum Gasteiger partial charge on any atom is 0.268 e. The van der Waals surface area contributed by atoms with Crippen LogP contribution in [0.25, 0.3) is 6.08 Å². The summed E-state index contributed by atoms with van der Waals surface area (Å²) in [6, 6.07) is 15.3. The van der Waals surface area contributed by atoms with Gasteiger partial charge in [0.05, 0.1) is 6.61 Å². The van der Waals surface area contributed by atoms with Crippen molar-refractivity contribution in [3.8, 4) is 23.3 Å². The monoisotopic (exact) mass is 534 g/mol. The number of hydrogen-bond acceptors (Lipinski definition) is 8. The normalized spacial score (nSPS) is 11.7. The molecule has 0 atom stereocenters. The number of amides is 1. The number of nitrogens with one attached hydrogen (secondary N) is 1. The Hall–Kier alpha value is -3.90. The standard InChI is InChI=1S/C29H34N4O4S/c1-7-35-25-17-20(16-21(18-30)26(34)31-28-33-32-27(38-28)19(2)3)8-13-24(25)37-15-14-36-23-11-9-22(10-12-23)29(4,5)6/h8-13,16-17,19H,7,14-15H2,1-6H3,(H,31,33,34)/b21-16-. The molecule has 9 heteroatoms. The topological polar surface area (TPSA) is 106 Å². The zero-order valence-corrected chi connectivity index (χ0v) is 23.5. The molecule has 200 valence electrons. The number of ether oxygens (including phenoxy) is 3. The van der Waals surface area contributed by atoms with E-state index in [1.54, 1.807) is 18.2 Å². The number of rotatable bonds is 11. The Labute approximate surface area is 228 Å². The van der Waals surface area contributed by atoms with Crippen LogP contribution in [0.3, 0.4) is 0 Å². The number of benzene rings is 2. The van der Waals surface area contributed by atoms with E-state index in [-0.39, 0.29) is 16.9 Å². The van der Waals surface area contributed by atoms with Gasteiger partial charge < -0.3 is 14.2 Å². The van der Waals surface area contributed by atoms with Crippen LogP contribution in [0.4, 0.5) is 5.13 Å². The van der Waals surface area contributed by atoms with E-state index in [1.807, 2.05) is 39.0 Å². The molecule has 3 rings (SSSR count). The van der Waals surface area contributed by atoms with Gasteiger partial charge in [-0.1, -0.05) is 64.2 Å².